The lowest BCUT2D eigenvalue weighted by atomic mass is 10.1. The molecule has 1 aromatic carbocycles. The maximum Gasteiger partial charge on any atom is 0.410 e. The van der Waals surface area contributed by atoms with Gasteiger partial charge in [-0.1, -0.05) is 18.2 Å². The molecule has 0 bridgehead atoms. The molecule has 36 heavy (non-hydrogen) atoms. The molecule has 0 radical (unpaired) electrons. The summed E-state index contributed by atoms with van der Waals surface area (Å²) in [7, 11) is 1.48. The van der Waals surface area contributed by atoms with Gasteiger partial charge in [0.25, 0.3) is 5.91 Å². The van der Waals surface area contributed by atoms with Crippen LogP contribution in [0.15, 0.2) is 36.5 Å². The number of benzene rings is 1. The number of carbonyl (C=O) groups excluding carboxylic acids is 4. The van der Waals surface area contributed by atoms with Gasteiger partial charge >= 0.3 is 6.09 Å². The van der Waals surface area contributed by atoms with Gasteiger partial charge in [0.15, 0.2) is 0 Å². The number of para-hydroxylation sites is 1. The maximum atomic E-state index is 13.6. The summed E-state index contributed by atoms with van der Waals surface area (Å²) in [5.74, 6) is -1.05. The zero-order valence-corrected chi connectivity index (χ0v) is 21.4. The van der Waals surface area contributed by atoms with Gasteiger partial charge in [-0.2, -0.15) is 0 Å². The molecule has 0 spiro atoms. The second kappa shape index (κ2) is 9.93. The summed E-state index contributed by atoms with van der Waals surface area (Å²) in [5.41, 5.74) is 0.0750. The molecule has 1 unspecified atom stereocenters. The highest BCUT2D eigenvalue weighted by Crippen LogP contribution is 2.31. The highest BCUT2D eigenvalue weighted by molar-refractivity contribution is 5.98. The number of carbonyl (C=O) groups is 4. The fourth-order valence-electron chi connectivity index (χ4n) is 4.64. The van der Waals surface area contributed by atoms with E-state index in [-0.39, 0.29) is 24.8 Å². The van der Waals surface area contributed by atoms with Gasteiger partial charge in [-0.05, 0) is 52.7 Å². The molecule has 2 saturated heterocycles. The average molecular weight is 499 g/mol. The second-order valence-electron chi connectivity index (χ2n) is 10.4. The van der Waals surface area contributed by atoms with Crippen LogP contribution in [0.3, 0.4) is 0 Å². The van der Waals surface area contributed by atoms with Crippen LogP contribution in [0.5, 0.6) is 0 Å². The van der Waals surface area contributed by atoms with Gasteiger partial charge in [-0.25, -0.2) is 4.79 Å². The van der Waals surface area contributed by atoms with Crippen LogP contribution in [0.4, 0.5) is 4.79 Å². The molecule has 0 saturated carbocycles. The maximum absolute atomic E-state index is 13.6. The Labute approximate surface area is 210 Å². The molecular formula is C26H34N4O6. The SMILES string of the molecule is C[C@@H](C(=O)N[C@H]1CCO[C@H]2CCC(C(=O)n3ccc4ccccc43)N2C1=O)N(C)C(=O)OC(C)(C)C. The molecule has 0 aliphatic carbocycles. The van der Waals surface area contributed by atoms with Crippen molar-refractivity contribution in [3.8, 4) is 0 Å². The Bertz CT molecular complexity index is 1170. The summed E-state index contributed by atoms with van der Waals surface area (Å²) in [6, 6.07) is 7.00. The van der Waals surface area contributed by atoms with Crippen LogP contribution in [-0.4, -0.2) is 81.8 Å². The van der Waals surface area contributed by atoms with Crippen molar-refractivity contribution >= 4 is 34.7 Å². The van der Waals surface area contributed by atoms with Gasteiger partial charge < -0.3 is 19.7 Å². The summed E-state index contributed by atoms with van der Waals surface area (Å²) in [6.45, 7) is 7.07. The number of amides is 3. The van der Waals surface area contributed by atoms with E-state index in [4.69, 9.17) is 9.47 Å². The standard InChI is InChI=1S/C26H34N4O6/c1-16(28(5)25(34)36-26(2,3)4)22(31)27-18-13-15-35-21-11-10-20(30(21)23(18)32)24(33)29-14-12-17-8-6-7-9-19(17)29/h6-9,12,14,16,18,20-21H,10-11,13,15H2,1-5H3,(H,27,31)/t16-,18-,20?,21-/m0/s1. The van der Waals surface area contributed by atoms with Crippen LogP contribution in [0.2, 0.25) is 0 Å². The number of nitrogens with one attached hydrogen (secondary N) is 1. The van der Waals surface area contributed by atoms with Crippen LogP contribution in [0.25, 0.3) is 10.9 Å². The Balaban J connectivity index is 1.48. The van der Waals surface area contributed by atoms with E-state index in [1.807, 2.05) is 30.3 Å². The first-order valence-corrected chi connectivity index (χ1v) is 12.3. The Kier molecular flexibility index (Phi) is 7.08. The van der Waals surface area contributed by atoms with Crippen molar-refractivity contribution in [3.63, 3.8) is 0 Å². The molecule has 4 rings (SSSR count). The minimum Gasteiger partial charge on any atom is -0.444 e. The summed E-state index contributed by atoms with van der Waals surface area (Å²) in [4.78, 5) is 55.1. The van der Waals surface area contributed by atoms with Crippen molar-refractivity contribution in [1.82, 2.24) is 19.7 Å². The zero-order valence-electron chi connectivity index (χ0n) is 21.4. The van der Waals surface area contributed by atoms with Crippen molar-refractivity contribution in [2.24, 2.45) is 0 Å². The van der Waals surface area contributed by atoms with E-state index in [2.05, 4.69) is 5.32 Å². The second-order valence-corrected chi connectivity index (χ2v) is 10.4. The summed E-state index contributed by atoms with van der Waals surface area (Å²) in [5, 5.41) is 3.70. The summed E-state index contributed by atoms with van der Waals surface area (Å²) < 4.78 is 12.8. The van der Waals surface area contributed by atoms with Gasteiger partial charge in [0, 0.05) is 25.1 Å². The number of hydrogen-bond donors (Lipinski definition) is 1. The average Bonchev–Trinajstić information content (AvgIpc) is 3.41. The predicted molar refractivity (Wildman–Crippen MR) is 132 cm³/mol. The topological polar surface area (TPSA) is 110 Å². The first-order valence-electron chi connectivity index (χ1n) is 12.3. The fraction of sp³-hybridized carbons (Fsp3) is 0.538. The van der Waals surface area contributed by atoms with Crippen LogP contribution < -0.4 is 5.32 Å². The third-order valence-corrected chi connectivity index (χ3v) is 6.68. The molecular weight excluding hydrogens is 464 g/mol. The van der Waals surface area contributed by atoms with Crippen molar-refractivity contribution in [1.29, 1.82) is 0 Å². The van der Waals surface area contributed by atoms with E-state index in [0.717, 1.165) is 10.9 Å². The van der Waals surface area contributed by atoms with E-state index in [0.29, 0.717) is 12.8 Å². The van der Waals surface area contributed by atoms with E-state index in [1.165, 1.54) is 16.8 Å². The van der Waals surface area contributed by atoms with E-state index in [9.17, 15) is 19.2 Å². The van der Waals surface area contributed by atoms with Gasteiger partial charge in [-0.3, -0.25) is 23.9 Å². The normalized spacial score (nSPS) is 23.1. The molecule has 2 fully saturated rings. The molecule has 10 nitrogen and oxygen atoms in total. The number of ether oxygens (including phenoxy) is 2. The third kappa shape index (κ3) is 5.09. The Morgan fingerprint density at radius 3 is 2.58 bits per heavy atom. The van der Waals surface area contributed by atoms with E-state index >= 15 is 0 Å². The lowest BCUT2D eigenvalue weighted by Gasteiger charge is -2.31. The van der Waals surface area contributed by atoms with Gasteiger partial charge in [0.05, 0.1) is 12.1 Å². The lowest BCUT2D eigenvalue weighted by molar-refractivity contribution is -0.143. The molecule has 194 valence electrons. The largest absolute Gasteiger partial charge is 0.444 e. The molecule has 3 heterocycles. The van der Waals surface area contributed by atoms with Crippen molar-refractivity contribution in [2.75, 3.05) is 13.7 Å². The Hall–Kier alpha value is -3.40. The van der Waals surface area contributed by atoms with Crippen LogP contribution in [-0.2, 0) is 19.1 Å². The first kappa shape index (κ1) is 25.7. The van der Waals surface area contributed by atoms with E-state index in [1.54, 1.807) is 38.5 Å². The molecule has 2 aliphatic heterocycles. The number of nitrogens with zero attached hydrogens (tertiary/aromatic N) is 3. The number of likely N-dealkylation sites (N-methyl/N-ethyl adjacent to an activating group) is 1. The smallest absolute Gasteiger partial charge is 0.410 e. The molecule has 1 N–H and O–H groups in total. The van der Waals surface area contributed by atoms with Crippen molar-refractivity contribution in [3.05, 3.63) is 36.5 Å². The minimum absolute atomic E-state index is 0.208. The van der Waals surface area contributed by atoms with Crippen molar-refractivity contribution in [2.45, 2.75) is 76.9 Å². The van der Waals surface area contributed by atoms with Gasteiger partial charge in [-0.15, -0.1) is 0 Å². The molecule has 2 aromatic rings. The van der Waals surface area contributed by atoms with Crippen LogP contribution in [0.1, 0.15) is 51.8 Å². The number of fused-ring (bicyclic) bond motifs is 2. The highest BCUT2D eigenvalue weighted by Gasteiger charge is 2.46. The summed E-state index contributed by atoms with van der Waals surface area (Å²) in [6.07, 6.45) is 1.85. The Morgan fingerprint density at radius 2 is 1.86 bits per heavy atom. The minimum atomic E-state index is -0.869. The fourth-order valence-corrected chi connectivity index (χ4v) is 4.64. The summed E-state index contributed by atoms with van der Waals surface area (Å²) >= 11 is 0. The van der Waals surface area contributed by atoms with Gasteiger partial charge in [0.1, 0.15) is 30.0 Å². The number of rotatable bonds is 4. The first-order chi connectivity index (χ1) is 17.0. The Morgan fingerprint density at radius 1 is 1.14 bits per heavy atom. The number of hydrogen-bond acceptors (Lipinski definition) is 6. The van der Waals surface area contributed by atoms with Gasteiger partial charge in [0.2, 0.25) is 11.8 Å². The third-order valence-electron chi connectivity index (χ3n) is 6.68. The van der Waals surface area contributed by atoms with Crippen molar-refractivity contribution < 1.29 is 28.7 Å². The number of aromatic nitrogens is 1. The van der Waals surface area contributed by atoms with E-state index < -0.39 is 42.0 Å². The zero-order chi connectivity index (χ0) is 26.2. The molecule has 4 atom stereocenters. The molecule has 10 heteroatoms. The highest BCUT2D eigenvalue weighted by atomic mass is 16.6. The quantitative estimate of drug-likeness (QED) is 0.694. The molecule has 2 aliphatic rings. The van der Waals surface area contributed by atoms with Crippen LogP contribution in [0, 0.1) is 0 Å². The molecule has 3 amide bonds. The van der Waals surface area contributed by atoms with Crippen LogP contribution >= 0.6 is 0 Å². The lowest BCUT2D eigenvalue weighted by Crippen LogP contribution is -2.56. The predicted octanol–water partition coefficient (Wildman–Crippen LogP) is 2.76. The molecule has 1 aromatic heterocycles. The monoisotopic (exact) mass is 498 g/mol.